The number of ether oxygens (including phenoxy) is 2. The summed E-state index contributed by atoms with van der Waals surface area (Å²) >= 11 is 7.43. The molecular formula is C30H22ClN3O4S. The number of hydrogen-bond donors (Lipinski definition) is 0. The Morgan fingerprint density at radius 3 is 2.54 bits per heavy atom. The lowest BCUT2D eigenvalue weighted by Gasteiger charge is -2.25. The molecule has 0 aliphatic carbocycles. The van der Waals surface area contributed by atoms with Gasteiger partial charge in [0.05, 0.1) is 28.5 Å². The van der Waals surface area contributed by atoms with Gasteiger partial charge in [-0.05, 0) is 36.8 Å². The number of hydrogen-bond acceptors (Lipinski definition) is 7. The molecule has 9 heteroatoms. The van der Waals surface area contributed by atoms with Crippen molar-refractivity contribution in [3.63, 3.8) is 0 Å². The predicted molar refractivity (Wildman–Crippen MR) is 150 cm³/mol. The van der Waals surface area contributed by atoms with Gasteiger partial charge in [-0.15, -0.1) is 0 Å². The largest absolute Gasteiger partial charge is 0.478 e. The fraction of sp³-hybridized carbons (Fsp3) is 0.133. The molecule has 3 aromatic carbocycles. The first-order valence-electron chi connectivity index (χ1n) is 12.1. The number of nitriles is 1. The zero-order valence-corrected chi connectivity index (χ0v) is 22.4. The van der Waals surface area contributed by atoms with Gasteiger partial charge in [0.15, 0.2) is 11.4 Å². The normalized spacial score (nSPS) is 14.8. The molecule has 0 amide bonds. The third-order valence-corrected chi connectivity index (χ3v) is 7.26. The maximum atomic E-state index is 14.0. The molecule has 1 aromatic heterocycles. The Hall–Kier alpha value is -4.45. The lowest BCUT2D eigenvalue weighted by atomic mass is 9.93. The number of aromatic nitrogens is 1. The molecule has 0 unspecified atom stereocenters. The highest BCUT2D eigenvalue weighted by Crippen LogP contribution is 2.35. The second-order valence-electron chi connectivity index (χ2n) is 8.47. The van der Waals surface area contributed by atoms with Gasteiger partial charge in [0, 0.05) is 16.1 Å². The lowest BCUT2D eigenvalue weighted by Crippen LogP contribution is -2.40. The van der Waals surface area contributed by atoms with Crippen LogP contribution in [0.4, 0.5) is 0 Å². The van der Waals surface area contributed by atoms with Crippen LogP contribution in [0.15, 0.2) is 94.2 Å². The third-order valence-electron chi connectivity index (χ3n) is 6.04. The van der Waals surface area contributed by atoms with Crippen LogP contribution in [0, 0.1) is 11.3 Å². The molecule has 5 rings (SSSR count). The quantitative estimate of drug-likeness (QED) is 0.313. The van der Waals surface area contributed by atoms with Crippen LogP contribution in [0.1, 0.15) is 29.7 Å². The minimum atomic E-state index is -0.757. The van der Waals surface area contributed by atoms with Crippen LogP contribution in [-0.2, 0) is 9.53 Å². The van der Waals surface area contributed by atoms with Gasteiger partial charge in [0.2, 0.25) is 0 Å². The van der Waals surface area contributed by atoms with Crippen LogP contribution < -0.4 is 19.6 Å². The number of halogens is 1. The Labute approximate surface area is 233 Å². The molecule has 0 radical (unpaired) electrons. The fourth-order valence-corrected chi connectivity index (χ4v) is 5.58. The van der Waals surface area contributed by atoms with Crippen molar-refractivity contribution < 1.29 is 14.3 Å². The van der Waals surface area contributed by atoms with E-state index in [9.17, 15) is 9.59 Å². The minimum Gasteiger partial charge on any atom is -0.478 e. The lowest BCUT2D eigenvalue weighted by molar-refractivity contribution is -0.138. The van der Waals surface area contributed by atoms with Crippen LogP contribution in [-0.4, -0.2) is 23.8 Å². The topological polar surface area (TPSA) is 93.7 Å². The minimum absolute atomic E-state index is 0.152. The van der Waals surface area contributed by atoms with Gasteiger partial charge >= 0.3 is 5.97 Å². The number of benzene rings is 3. The van der Waals surface area contributed by atoms with Gasteiger partial charge in [-0.3, -0.25) is 9.36 Å². The molecule has 194 valence electrons. The average molecular weight is 556 g/mol. The van der Waals surface area contributed by atoms with Gasteiger partial charge in [-0.1, -0.05) is 83.6 Å². The Morgan fingerprint density at radius 2 is 1.85 bits per heavy atom. The molecule has 1 aliphatic rings. The van der Waals surface area contributed by atoms with Gasteiger partial charge in [-0.2, -0.15) is 5.26 Å². The highest BCUT2D eigenvalue weighted by molar-refractivity contribution is 7.07. The van der Waals surface area contributed by atoms with E-state index in [1.807, 2.05) is 66.7 Å². The predicted octanol–water partition coefficient (Wildman–Crippen LogP) is 4.49. The number of rotatable bonds is 7. The van der Waals surface area contributed by atoms with E-state index in [-0.39, 0.29) is 24.3 Å². The van der Waals surface area contributed by atoms with E-state index in [2.05, 4.69) is 0 Å². The van der Waals surface area contributed by atoms with Crippen LogP contribution in [0.3, 0.4) is 0 Å². The molecule has 0 fully saturated rings. The summed E-state index contributed by atoms with van der Waals surface area (Å²) in [5.74, 6) is -0.117. The summed E-state index contributed by atoms with van der Waals surface area (Å²) in [7, 11) is 0. The van der Waals surface area contributed by atoms with Crippen molar-refractivity contribution in [3.8, 4) is 11.8 Å². The molecule has 39 heavy (non-hydrogen) atoms. The molecule has 0 N–H and O–H groups in total. The van der Waals surface area contributed by atoms with E-state index in [0.29, 0.717) is 31.4 Å². The van der Waals surface area contributed by atoms with E-state index in [0.717, 1.165) is 11.1 Å². The van der Waals surface area contributed by atoms with Crippen molar-refractivity contribution in [3.05, 3.63) is 126 Å². The molecular weight excluding hydrogens is 534 g/mol. The highest BCUT2D eigenvalue weighted by atomic mass is 35.5. The first-order chi connectivity index (χ1) is 19.0. The Balaban J connectivity index is 1.80. The Bertz CT molecular complexity index is 1790. The van der Waals surface area contributed by atoms with Crippen molar-refractivity contribution in [2.45, 2.75) is 13.0 Å². The summed E-state index contributed by atoms with van der Waals surface area (Å²) in [6.45, 7) is 1.77. The summed E-state index contributed by atoms with van der Waals surface area (Å²) in [5, 5.41) is 9.42. The summed E-state index contributed by atoms with van der Waals surface area (Å²) in [5.41, 5.74) is 2.45. The van der Waals surface area contributed by atoms with Crippen LogP contribution >= 0.6 is 22.9 Å². The monoisotopic (exact) mass is 555 g/mol. The number of nitrogens with zero attached hydrogens (tertiary/aromatic N) is 3. The molecule has 0 spiro atoms. The van der Waals surface area contributed by atoms with E-state index in [1.165, 1.54) is 15.9 Å². The van der Waals surface area contributed by atoms with Crippen molar-refractivity contribution in [1.29, 1.82) is 5.26 Å². The zero-order chi connectivity index (χ0) is 27.4. The van der Waals surface area contributed by atoms with Crippen LogP contribution in [0.5, 0.6) is 5.75 Å². The maximum absolute atomic E-state index is 14.0. The van der Waals surface area contributed by atoms with Crippen molar-refractivity contribution in [1.82, 2.24) is 4.57 Å². The maximum Gasteiger partial charge on any atom is 0.338 e. The van der Waals surface area contributed by atoms with Crippen LogP contribution in [0.25, 0.3) is 11.8 Å². The Kier molecular flexibility index (Phi) is 7.73. The number of thiazole rings is 1. The highest BCUT2D eigenvalue weighted by Gasteiger charge is 2.35. The number of fused-ring (bicyclic) bond motifs is 1. The van der Waals surface area contributed by atoms with Crippen molar-refractivity contribution in [2.24, 2.45) is 4.99 Å². The first kappa shape index (κ1) is 26.2. The van der Waals surface area contributed by atoms with Crippen molar-refractivity contribution >= 4 is 40.7 Å². The van der Waals surface area contributed by atoms with Gasteiger partial charge in [-0.25, -0.2) is 9.79 Å². The summed E-state index contributed by atoms with van der Waals surface area (Å²) in [4.78, 5) is 32.7. The van der Waals surface area contributed by atoms with Crippen molar-refractivity contribution in [2.75, 3.05) is 13.2 Å². The second kappa shape index (κ2) is 11.5. The second-order valence-corrected chi connectivity index (χ2v) is 9.92. The molecule has 0 saturated carbocycles. The smallest absolute Gasteiger partial charge is 0.338 e. The van der Waals surface area contributed by atoms with E-state index >= 15 is 0 Å². The molecule has 0 bridgehead atoms. The molecule has 1 atom stereocenters. The van der Waals surface area contributed by atoms with E-state index in [1.54, 1.807) is 31.2 Å². The van der Waals surface area contributed by atoms with E-state index < -0.39 is 12.0 Å². The van der Waals surface area contributed by atoms with Gasteiger partial charge in [0.1, 0.15) is 11.8 Å². The molecule has 7 nitrogen and oxygen atoms in total. The number of carbonyl (C=O) groups is 1. The van der Waals surface area contributed by atoms with Gasteiger partial charge < -0.3 is 9.47 Å². The molecule has 1 aliphatic heterocycles. The zero-order valence-electron chi connectivity index (χ0n) is 20.8. The summed E-state index contributed by atoms with van der Waals surface area (Å²) in [6.07, 6.45) is 1.67. The summed E-state index contributed by atoms with van der Waals surface area (Å²) in [6, 6.07) is 24.9. The average Bonchev–Trinajstić information content (AvgIpc) is 3.27. The third kappa shape index (κ3) is 5.28. The number of esters is 1. The number of carbonyl (C=O) groups excluding carboxylic acids is 1. The Morgan fingerprint density at radius 1 is 1.13 bits per heavy atom. The fourth-order valence-electron chi connectivity index (χ4n) is 4.41. The van der Waals surface area contributed by atoms with E-state index in [4.69, 9.17) is 31.3 Å². The molecule has 4 aromatic rings. The molecule has 2 heterocycles. The molecule has 0 saturated heterocycles. The summed E-state index contributed by atoms with van der Waals surface area (Å²) < 4.78 is 12.9. The first-order valence-corrected chi connectivity index (χ1v) is 13.3. The van der Waals surface area contributed by atoms with Crippen LogP contribution in [0.2, 0.25) is 5.02 Å². The SMILES string of the molecule is CCOC(=O)C1=C(c2ccccc2)N=c2s/c(=C\c3cc(Cl)ccc3OCC#N)c(=O)n2[C@@H]1c1ccccc1. The van der Waals surface area contributed by atoms with Gasteiger partial charge in [0.25, 0.3) is 5.56 Å². The standard InChI is InChI=1S/C30H22ClN3O4S/c1-2-37-29(36)25-26(19-9-5-3-6-10-19)33-30-34(27(25)20-11-7-4-8-12-20)28(35)24(39-30)18-21-17-22(31)13-14-23(21)38-16-15-32/h3-14,17-18,27H,2,16H2,1H3/b24-18-/t27-/m1/s1.